The van der Waals surface area contributed by atoms with Gasteiger partial charge in [-0.3, -0.25) is 10.1 Å². The SMILES string of the molecule is Cc1cnc(NC(=O)c2ccc(-c3cccs3)cc2F)s1. The van der Waals surface area contributed by atoms with Gasteiger partial charge in [0.05, 0.1) is 5.56 Å². The van der Waals surface area contributed by atoms with Crippen molar-refractivity contribution in [2.24, 2.45) is 0 Å². The predicted octanol–water partition coefficient (Wildman–Crippen LogP) is 4.57. The molecule has 0 spiro atoms. The van der Waals surface area contributed by atoms with Gasteiger partial charge in [0, 0.05) is 16.0 Å². The first-order valence-electron chi connectivity index (χ1n) is 6.21. The number of thiazole rings is 1. The van der Waals surface area contributed by atoms with Gasteiger partial charge in [-0.1, -0.05) is 12.1 Å². The average Bonchev–Trinajstić information content (AvgIpc) is 3.10. The molecular formula is C15H11FN2OS2. The van der Waals surface area contributed by atoms with Gasteiger partial charge in [-0.2, -0.15) is 0 Å². The second-order valence-electron chi connectivity index (χ2n) is 4.40. The zero-order valence-electron chi connectivity index (χ0n) is 11.1. The Kier molecular flexibility index (Phi) is 3.81. The van der Waals surface area contributed by atoms with Crippen LogP contribution in [-0.4, -0.2) is 10.9 Å². The minimum atomic E-state index is -0.535. The minimum Gasteiger partial charge on any atom is -0.298 e. The van der Waals surface area contributed by atoms with E-state index in [1.165, 1.54) is 34.8 Å². The van der Waals surface area contributed by atoms with E-state index in [4.69, 9.17) is 0 Å². The molecule has 0 aliphatic carbocycles. The lowest BCUT2D eigenvalue weighted by atomic mass is 10.1. The number of carbonyl (C=O) groups excluding carboxylic acids is 1. The number of aryl methyl sites for hydroxylation is 1. The summed E-state index contributed by atoms with van der Waals surface area (Å²) in [5, 5.41) is 5.01. The smallest absolute Gasteiger partial charge is 0.260 e. The maximum absolute atomic E-state index is 14.1. The number of nitrogens with zero attached hydrogens (tertiary/aromatic N) is 1. The summed E-state index contributed by atoms with van der Waals surface area (Å²) in [5.74, 6) is -1.02. The van der Waals surface area contributed by atoms with Crippen molar-refractivity contribution in [1.29, 1.82) is 0 Å². The first-order chi connectivity index (χ1) is 10.1. The number of benzene rings is 1. The average molecular weight is 318 g/mol. The highest BCUT2D eigenvalue weighted by Crippen LogP contribution is 2.26. The highest BCUT2D eigenvalue weighted by Gasteiger charge is 2.14. The van der Waals surface area contributed by atoms with Crippen molar-refractivity contribution in [1.82, 2.24) is 4.98 Å². The molecule has 1 aromatic carbocycles. The first-order valence-corrected chi connectivity index (χ1v) is 7.90. The van der Waals surface area contributed by atoms with Gasteiger partial charge in [-0.15, -0.1) is 22.7 Å². The van der Waals surface area contributed by atoms with E-state index in [9.17, 15) is 9.18 Å². The number of nitrogens with one attached hydrogen (secondary N) is 1. The van der Waals surface area contributed by atoms with E-state index < -0.39 is 11.7 Å². The Balaban J connectivity index is 1.84. The van der Waals surface area contributed by atoms with Crippen molar-refractivity contribution in [2.75, 3.05) is 5.32 Å². The van der Waals surface area contributed by atoms with E-state index in [1.54, 1.807) is 12.3 Å². The van der Waals surface area contributed by atoms with Crippen molar-refractivity contribution < 1.29 is 9.18 Å². The molecule has 0 aliphatic heterocycles. The van der Waals surface area contributed by atoms with Crippen LogP contribution >= 0.6 is 22.7 Å². The largest absolute Gasteiger partial charge is 0.298 e. The van der Waals surface area contributed by atoms with Gasteiger partial charge in [-0.05, 0) is 36.1 Å². The highest BCUT2D eigenvalue weighted by atomic mass is 32.1. The molecule has 106 valence electrons. The van der Waals surface area contributed by atoms with Crippen LogP contribution in [-0.2, 0) is 0 Å². The van der Waals surface area contributed by atoms with Crippen LogP contribution in [0.1, 0.15) is 15.2 Å². The Morgan fingerprint density at radius 1 is 1.33 bits per heavy atom. The predicted molar refractivity (Wildman–Crippen MR) is 84.5 cm³/mol. The first kappa shape index (κ1) is 13.9. The van der Waals surface area contributed by atoms with Gasteiger partial charge in [0.25, 0.3) is 5.91 Å². The molecule has 3 rings (SSSR count). The molecule has 3 nitrogen and oxygen atoms in total. The van der Waals surface area contributed by atoms with Crippen LogP contribution in [0.2, 0.25) is 0 Å². The van der Waals surface area contributed by atoms with E-state index in [0.717, 1.165) is 15.3 Å². The van der Waals surface area contributed by atoms with E-state index in [2.05, 4.69) is 10.3 Å². The van der Waals surface area contributed by atoms with Gasteiger partial charge in [0.15, 0.2) is 5.13 Å². The summed E-state index contributed by atoms with van der Waals surface area (Å²) in [6.07, 6.45) is 1.66. The van der Waals surface area contributed by atoms with Crippen LogP contribution < -0.4 is 5.32 Å². The molecule has 1 amide bonds. The molecule has 1 N–H and O–H groups in total. The molecular weight excluding hydrogens is 307 g/mol. The second-order valence-corrected chi connectivity index (χ2v) is 6.58. The molecule has 0 aliphatic rings. The molecule has 6 heteroatoms. The fourth-order valence-corrected chi connectivity index (χ4v) is 3.26. The molecule has 0 atom stereocenters. The lowest BCUT2D eigenvalue weighted by Gasteiger charge is -2.05. The molecule has 3 aromatic rings. The summed E-state index contributed by atoms with van der Waals surface area (Å²) in [6, 6.07) is 8.45. The van der Waals surface area contributed by atoms with Crippen LogP contribution in [0.4, 0.5) is 9.52 Å². The Labute approximate surface area is 129 Å². The quantitative estimate of drug-likeness (QED) is 0.768. The number of hydrogen-bond acceptors (Lipinski definition) is 4. The van der Waals surface area contributed by atoms with Crippen LogP contribution in [0, 0.1) is 12.7 Å². The molecule has 0 saturated carbocycles. The molecule has 0 bridgehead atoms. The van der Waals surface area contributed by atoms with Gasteiger partial charge >= 0.3 is 0 Å². The van der Waals surface area contributed by atoms with Gasteiger partial charge in [0.2, 0.25) is 0 Å². The van der Waals surface area contributed by atoms with Crippen molar-refractivity contribution in [2.45, 2.75) is 6.92 Å². The highest BCUT2D eigenvalue weighted by molar-refractivity contribution is 7.15. The summed E-state index contributed by atoms with van der Waals surface area (Å²) in [4.78, 5) is 18.0. The van der Waals surface area contributed by atoms with E-state index in [-0.39, 0.29) is 5.56 Å². The number of aromatic nitrogens is 1. The summed E-state index contributed by atoms with van der Waals surface area (Å²) in [6.45, 7) is 1.89. The van der Waals surface area contributed by atoms with Crippen molar-refractivity contribution in [3.63, 3.8) is 0 Å². The maximum Gasteiger partial charge on any atom is 0.260 e. The Morgan fingerprint density at radius 2 is 2.19 bits per heavy atom. The fraction of sp³-hybridized carbons (Fsp3) is 0.0667. The molecule has 0 unspecified atom stereocenters. The number of rotatable bonds is 3. The van der Waals surface area contributed by atoms with Gasteiger partial charge in [-0.25, -0.2) is 9.37 Å². The summed E-state index contributed by atoms with van der Waals surface area (Å²) >= 11 is 2.88. The molecule has 0 fully saturated rings. The van der Waals surface area contributed by atoms with Crippen molar-refractivity contribution in [3.05, 3.63) is 58.2 Å². The number of halogens is 1. The zero-order chi connectivity index (χ0) is 14.8. The Bertz CT molecular complexity index is 781. The number of carbonyl (C=O) groups is 1. The van der Waals surface area contributed by atoms with Gasteiger partial charge in [0.1, 0.15) is 5.82 Å². The van der Waals surface area contributed by atoms with Crippen LogP contribution in [0.15, 0.2) is 41.9 Å². The zero-order valence-corrected chi connectivity index (χ0v) is 12.7. The lowest BCUT2D eigenvalue weighted by Crippen LogP contribution is -2.13. The molecule has 2 aromatic heterocycles. The molecule has 0 radical (unpaired) electrons. The van der Waals surface area contributed by atoms with E-state index in [0.29, 0.717) is 5.13 Å². The third kappa shape index (κ3) is 3.01. The topological polar surface area (TPSA) is 42.0 Å². The number of anilines is 1. The van der Waals surface area contributed by atoms with E-state index in [1.807, 2.05) is 24.4 Å². The number of thiophene rings is 1. The van der Waals surface area contributed by atoms with Gasteiger partial charge < -0.3 is 0 Å². The monoisotopic (exact) mass is 318 g/mol. The van der Waals surface area contributed by atoms with Crippen LogP contribution in [0.3, 0.4) is 0 Å². The maximum atomic E-state index is 14.1. The number of hydrogen-bond donors (Lipinski definition) is 1. The third-order valence-corrected chi connectivity index (χ3v) is 4.61. The fourth-order valence-electron chi connectivity index (χ4n) is 1.87. The normalized spacial score (nSPS) is 10.6. The van der Waals surface area contributed by atoms with Crippen LogP contribution in [0.25, 0.3) is 10.4 Å². The molecule has 21 heavy (non-hydrogen) atoms. The molecule has 0 saturated heterocycles. The molecule has 2 heterocycles. The number of amides is 1. The minimum absolute atomic E-state index is 0.0168. The second kappa shape index (κ2) is 5.75. The third-order valence-electron chi connectivity index (χ3n) is 2.86. The summed E-state index contributed by atoms with van der Waals surface area (Å²) < 4.78 is 14.1. The Morgan fingerprint density at radius 3 is 2.81 bits per heavy atom. The standard InChI is InChI=1S/C15H11FN2OS2/c1-9-8-17-15(21-9)18-14(19)11-5-4-10(7-12(11)16)13-3-2-6-20-13/h2-8H,1H3,(H,17,18,19). The lowest BCUT2D eigenvalue weighted by molar-refractivity contribution is 0.102. The summed E-state index contributed by atoms with van der Waals surface area (Å²) in [7, 11) is 0. The van der Waals surface area contributed by atoms with Crippen molar-refractivity contribution >= 4 is 33.7 Å². The summed E-state index contributed by atoms with van der Waals surface area (Å²) in [5.41, 5.74) is 0.785. The van der Waals surface area contributed by atoms with E-state index >= 15 is 0 Å². The van der Waals surface area contributed by atoms with Crippen molar-refractivity contribution in [3.8, 4) is 10.4 Å². The van der Waals surface area contributed by atoms with Crippen LogP contribution in [0.5, 0.6) is 0 Å². The Hall–Kier alpha value is -2.05.